The van der Waals surface area contributed by atoms with Gasteiger partial charge in [0.1, 0.15) is 12.1 Å². The zero-order valence-electron chi connectivity index (χ0n) is 17.1. The van der Waals surface area contributed by atoms with Gasteiger partial charge in [0, 0.05) is 13.3 Å². The van der Waals surface area contributed by atoms with Crippen LogP contribution < -0.4 is 16.4 Å². The van der Waals surface area contributed by atoms with Crippen LogP contribution in [0.2, 0.25) is 0 Å². The maximum absolute atomic E-state index is 12.6. The first-order chi connectivity index (χ1) is 13.8. The van der Waals surface area contributed by atoms with Crippen LogP contribution in [0.5, 0.6) is 0 Å². The van der Waals surface area contributed by atoms with Crippen LogP contribution in [0.25, 0.3) is 11.1 Å². The highest BCUT2D eigenvalue weighted by molar-refractivity contribution is 5.91. The van der Waals surface area contributed by atoms with Crippen LogP contribution in [-0.2, 0) is 20.8 Å². The van der Waals surface area contributed by atoms with Crippen LogP contribution in [0.15, 0.2) is 54.6 Å². The summed E-state index contributed by atoms with van der Waals surface area (Å²) >= 11 is 0. The lowest BCUT2D eigenvalue weighted by atomic mass is 9.99. The minimum absolute atomic E-state index is 0.204. The van der Waals surface area contributed by atoms with Gasteiger partial charge in [0.05, 0.1) is 0 Å². The van der Waals surface area contributed by atoms with Crippen molar-refractivity contribution in [1.82, 2.24) is 10.6 Å². The average Bonchev–Trinajstić information content (AvgIpc) is 2.67. The molecule has 2 rings (SSSR count). The van der Waals surface area contributed by atoms with Gasteiger partial charge in [0.25, 0.3) is 0 Å². The van der Waals surface area contributed by atoms with Crippen molar-refractivity contribution in [2.45, 2.75) is 45.7 Å². The van der Waals surface area contributed by atoms with Gasteiger partial charge in [0.15, 0.2) is 0 Å². The molecule has 0 radical (unpaired) electrons. The van der Waals surface area contributed by atoms with Gasteiger partial charge in [-0.25, -0.2) is 0 Å². The topological polar surface area (TPSA) is 101 Å². The SMILES string of the molecule is CC(=O)N[C@@H](CC(C)C)C(=O)N[C@H](Cc1ccc(-c2ccccc2)cc1)C(N)=O. The van der Waals surface area contributed by atoms with Crippen molar-refractivity contribution < 1.29 is 14.4 Å². The Kier molecular flexibility index (Phi) is 7.95. The minimum atomic E-state index is -0.853. The van der Waals surface area contributed by atoms with Gasteiger partial charge in [-0.3, -0.25) is 14.4 Å². The molecule has 2 aromatic carbocycles. The number of nitrogens with one attached hydrogen (secondary N) is 2. The summed E-state index contributed by atoms with van der Waals surface area (Å²) in [7, 11) is 0. The van der Waals surface area contributed by atoms with Crippen LogP contribution in [-0.4, -0.2) is 29.8 Å². The van der Waals surface area contributed by atoms with Crippen LogP contribution in [0.3, 0.4) is 0 Å². The molecule has 154 valence electrons. The lowest BCUT2D eigenvalue weighted by molar-refractivity contribution is -0.131. The Morgan fingerprint density at radius 1 is 0.862 bits per heavy atom. The fourth-order valence-electron chi connectivity index (χ4n) is 3.14. The molecule has 0 aliphatic heterocycles. The molecular weight excluding hydrogens is 366 g/mol. The van der Waals surface area contributed by atoms with E-state index >= 15 is 0 Å². The lowest BCUT2D eigenvalue weighted by Crippen LogP contribution is -2.53. The third kappa shape index (κ3) is 7.07. The van der Waals surface area contributed by atoms with E-state index in [-0.39, 0.29) is 18.2 Å². The quantitative estimate of drug-likeness (QED) is 0.608. The second-order valence-corrected chi connectivity index (χ2v) is 7.61. The number of hydrogen-bond donors (Lipinski definition) is 3. The van der Waals surface area contributed by atoms with Gasteiger partial charge in [-0.15, -0.1) is 0 Å². The third-order valence-corrected chi connectivity index (χ3v) is 4.56. The zero-order chi connectivity index (χ0) is 21.4. The predicted molar refractivity (Wildman–Crippen MR) is 114 cm³/mol. The first-order valence-electron chi connectivity index (χ1n) is 9.77. The van der Waals surface area contributed by atoms with Gasteiger partial charge in [-0.2, -0.15) is 0 Å². The standard InChI is InChI=1S/C23H29N3O3/c1-15(2)13-21(25-16(3)27)23(29)26-20(22(24)28)14-17-9-11-19(12-10-17)18-7-5-4-6-8-18/h4-12,15,20-21H,13-14H2,1-3H3,(H2,24,28)(H,25,27)(H,26,29)/t20-,21+/m1/s1. The molecule has 6 heteroatoms. The van der Waals surface area contributed by atoms with Crippen molar-refractivity contribution in [2.24, 2.45) is 11.7 Å². The van der Waals surface area contributed by atoms with Crippen LogP contribution in [0.1, 0.15) is 32.8 Å². The molecule has 2 aromatic rings. The molecule has 2 atom stereocenters. The number of primary amides is 1. The van der Waals surface area contributed by atoms with Crippen molar-refractivity contribution in [3.05, 3.63) is 60.2 Å². The number of amides is 3. The number of hydrogen-bond acceptors (Lipinski definition) is 3. The molecule has 0 saturated heterocycles. The molecule has 4 N–H and O–H groups in total. The molecule has 29 heavy (non-hydrogen) atoms. The fourth-order valence-corrected chi connectivity index (χ4v) is 3.14. The van der Waals surface area contributed by atoms with E-state index in [0.717, 1.165) is 16.7 Å². The van der Waals surface area contributed by atoms with E-state index < -0.39 is 23.9 Å². The summed E-state index contributed by atoms with van der Waals surface area (Å²) in [6.07, 6.45) is 0.757. The maximum atomic E-state index is 12.6. The van der Waals surface area contributed by atoms with Crippen molar-refractivity contribution in [2.75, 3.05) is 0 Å². The maximum Gasteiger partial charge on any atom is 0.243 e. The van der Waals surface area contributed by atoms with Crippen LogP contribution in [0.4, 0.5) is 0 Å². The number of benzene rings is 2. The highest BCUT2D eigenvalue weighted by Gasteiger charge is 2.25. The largest absolute Gasteiger partial charge is 0.368 e. The highest BCUT2D eigenvalue weighted by atomic mass is 16.2. The third-order valence-electron chi connectivity index (χ3n) is 4.56. The second kappa shape index (κ2) is 10.4. The molecule has 0 bridgehead atoms. The summed E-state index contributed by atoms with van der Waals surface area (Å²) in [4.78, 5) is 36.0. The number of carbonyl (C=O) groups is 3. The molecule has 0 aromatic heterocycles. The van der Waals surface area contributed by atoms with Crippen LogP contribution in [0, 0.1) is 5.92 Å². The summed E-state index contributed by atoms with van der Waals surface area (Å²) in [6.45, 7) is 5.28. The van der Waals surface area contributed by atoms with Gasteiger partial charge >= 0.3 is 0 Å². The van der Waals surface area contributed by atoms with Crippen LogP contribution >= 0.6 is 0 Å². The molecular formula is C23H29N3O3. The minimum Gasteiger partial charge on any atom is -0.368 e. The van der Waals surface area contributed by atoms with E-state index in [2.05, 4.69) is 10.6 Å². The Bertz CT molecular complexity index is 832. The molecule has 0 heterocycles. The monoisotopic (exact) mass is 395 g/mol. The summed E-state index contributed by atoms with van der Waals surface area (Å²) in [5.41, 5.74) is 8.57. The molecule has 0 aliphatic carbocycles. The van der Waals surface area contributed by atoms with Gasteiger partial charge in [0.2, 0.25) is 17.7 Å². The fraction of sp³-hybridized carbons (Fsp3) is 0.348. The first-order valence-corrected chi connectivity index (χ1v) is 9.77. The molecule has 0 unspecified atom stereocenters. The Hall–Kier alpha value is -3.15. The Morgan fingerprint density at radius 3 is 1.97 bits per heavy atom. The van der Waals surface area contributed by atoms with Gasteiger partial charge in [-0.1, -0.05) is 68.4 Å². The van der Waals surface area contributed by atoms with Crippen molar-refractivity contribution >= 4 is 17.7 Å². The summed E-state index contributed by atoms with van der Waals surface area (Å²) in [5.74, 6) is -1.11. The summed E-state index contributed by atoms with van der Waals surface area (Å²) in [5, 5.41) is 5.34. The zero-order valence-corrected chi connectivity index (χ0v) is 17.1. The number of carbonyl (C=O) groups excluding carboxylic acids is 3. The second-order valence-electron chi connectivity index (χ2n) is 7.61. The predicted octanol–water partition coefficient (Wildman–Crippen LogP) is 2.42. The van der Waals surface area contributed by atoms with E-state index in [4.69, 9.17) is 5.73 Å². The average molecular weight is 396 g/mol. The summed E-state index contributed by atoms with van der Waals surface area (Å²) in [6, 6.07) is 16.2. The van der Waals surface area contributed by atoms with Crippen molar-refractivity contribution in [3.63, 3.8) is 0 Å². The molecule has 0 saturated carbocycles. The number of rotatable bonds is 9. The Balaban J connectivity index is 2.08. The molecule has 0 fully saturated rings. The van der Waals surface area contributed by atoms with E-state index in [9.17, 15) is 14.4 Å². The summed E-state index contributed by atoms with van der Waals surface area (Å²) < 4.78 is 0. The normalized spacial score (nSPS) is 12.8. The number of nitrogens with two attached hydrogens (primary N) is 1. The molecule has 6 nitrogen and oxygen atoms in total. The van der Waals surface area contributed by atoms with Gasteiger partial charge in [-0.05, 0) is 29.0 Å². The Morgan fingerprint density at radius 2 is 1.45 bits per heavy atom. The Labute approximate surface area is 171 Å². The van der Waals surface area contributed by atoms with E-state index in [1.165, 1.54) is 6.92 Å². The van der Waals surface area contributed by atoms with Crippen molar-refractivity contribution in [3.8, 4) is 11.1 Å². The molecule has 3 amide bonds. The van der Waals surface area contributed by atoms with E-state index in [1.807, 2.05) is 68.4 Å². The van der Waals surface area contributed by atoms with E-state index in [1.54, 1.807) is 0 Å². The lowest BCUT2D eigenvalue weighted by Gasteiger charge is -2.23. The smallest absolute Gasteiger partial charge is 0.243 e. The van der Waals surface area contributed by atoms with Crippen molar-refractivity contribution in [1.29, 1.82) is 0 Å². The van der Waals surface area contributed by atoms with E-state index in [0.29, 0.717) is 6.42 Å². The molecule has 0 aliphatic rings. The van der Waals surface area contributed by atoms with Gasteiger partial charge < -0.3 is 16.4 Å². The molecule has 0 spiro atoms. The first kappa shape index (κ1) is 22.1. The highest BCUT2D eigenvalue weighted by Crippen LogP contribution is 2.19.